The molecule has 102 valence electrons. The topological polar surface area (TPSA) is 46.2 Å². The molecule has 1 saturated carbocycles. The Hall–Kier alpha value is 0.0600. The Morgan fingerprint density at radius 2 is 1.94 bits per heavy atom. The average molecular weight is 271 g/mol. The van der Waals surface area contributed by atoms with Crippen molar-refractivity contribution in [1.29, 1.82) is 0 Å². The molecule has 0 radical (unpaired) electrons. The molecule has 6 heteroatoms. The largest absolute Gasteiger partial charge is 0.441 e. The molecule has 17 heavy (non-hydrogen) atoms. The third kappa shape index (κ3) is 3.51. The maximum absolute atomic E-state index is 12.1. The summed E-state index contributed by atoms with van der Waals surface area (Å²) in [4.78, 5) is 0. The first-order valence-electron chi connectivity index (χ1n) is 5.72. The van der Waals surface area contributed by atoms with Crippen molar-refractivity contribution in [3.8, 4) is 0 Å². The molecule has 0 aliphatic heterocycles. The summed E-state index contributed by atoms with van der Waals surface area (Å²) in [6.07, 6.45) is 1.21. The van der Waals surface area contributed by atoms with Crippen LogP contribution in [0.15, 0.2) is 0 Å². The fraction of sp³-hybridized carbons (Fsp3) is 1.00. The predicted molar refractivity (Wildman–Crippen MR) is 63.6 cm³/mol. The van der Waals surface area contributed by atoms with E-state index in [1.165, 1.54) is 0 Å². The van der Waals surface area contributed by atoms with Crippen molar-refractivity contribution in [2.24, 2.45) is 16.6 Å². The first-order chi connectivity index (χ1) is 7.63. The number of rotatable bonds is 4. The lowest BCUT2D eigenvalue weighted by Gasteiger charge is -2.35. The molecule has 1 fully saturated rings. The summed E-state index contributed by atoms with van der Waals surface area (Å²) in [6.45, 7) is 4.12. The van der Waals surface area contributed by atoms with Gasteiger partial charge in [0.2, 0.25) is 0 Å². The fourth-order valence-corrected chi connectivity index (χ4v) is 3.36. The van der Waals surface area contributed by atoms with E-state index in [1.54, 1.807) is 0 Å². The van der Waals surface area contributed by atoms with E-state index in [0.29, 0.717) is 12.8 Å². The smallest absolute Gasteiger partial charge is 0.392 e. The van der Waals surface area contributed by atoms with Gasteiger partial charge in [-0.25, -0.2) is 0 Å². The van der Waals surface area contributed by atoms with Gasteiger partial charge in [-0.15, -0.1) is 0 Å². The summed E-state index contributed by atoms with van der Waals surface area (Å²) in [5.74, 6) is -0.0339. The summed E-state index contributed by atoms with van der Waals surface area (Å²) >= 11 is -0.0302. The second-order valence-corrected chi connectivity index (χ2v) is 6.66. The SMILES string of the molecule is CC1(C)CCC(CN)(CCSC(F)(F)F)C1O. The van der Waals surface area contributed by atoms with Gasteiger partial charge in [0.1, 0.15) is 0 Å². The lowest BCUT2D eigenvalue weighted by atomic mass is 9.76. The standard InChI is InChI=1S/C11H20F3NOS/c1-9(2)3-4-10(7-15,8(9)16)5-6-17-11(12,13)14/h8,16H,3-7,15H2,1-2H3. The normalized spacial score (nSPS) is 33.0. The summed E-state index contributed by atoms with van der Waals surface area (Å²) in [5, 5.41) is 10.2. The molecular formula is C11H20F3NOS. The lowest BCUT2D eigenvalue weighted by molar-refractivity contribution is -0.0337. The van der Waals surface area contributed by atoms with Gasteiger partial charge in [-0.05, 0) is 24.7 Å². The van der Waals surface area contributed by atoms with Crippen molar-refractivity contribution in [2.75, 3.05) is 12.3 Å². The van der Waals surface area contributed by atoms with Crippen LogP contribution in [0.1, 0.15) is 33.1 Å². The van der Waals surface area contributed by atoms with E-state index in [1.807, 2.05) is 13.8 Å². The maximum Gasteiger partial charge on any atom is 0.441 e. The summed E-state index contributed by atoms with van der Waals surface area (Å²) in [7, 11) is 0. The molecule has 0 amide bonds. The van der Waals surface area contributed by atoms with E-state index >= 15 is 0 Å². The molecule has 0 aromatic carbocycles. The van der Waals surface area contributed by atoms with E-state index in [-0.39, 0.29) is 29.5 Å². The Morgan fingerprint density at radius 1 is 1.35 bits per heavy atom. The van der Waals surface area contributed by atoms with Crippen molar-refractivity contribution in [1.82, 2.24) is 0 Å². The zero-order valence-corrected chi connectivity index (χ0v) is 11.0. The molecule has 1 rings (SSSR count). The number of hydrogen-bond donors (Lipinski definition) is 2. The van der Waals surface area contributed by atoms with Gasteiger partial charge < -0.3 is 10.8 Å². The minimum atomic E-state index is -4.20. The first kappa shape index (κ1) is 15.1. The predicted octanol–water partition coefficient (Wildman–Crippen LogP) is 2.76. The van der Waals surface area contributed by atoms with Crippen LogP contribution in [0.2, 0.25) is 0 Å². The number of aliphatic hydroxyl groups is 1. The molecule has 3 N–H and O–H groups in total. The van der Waals surface area contributed by atoms with E-state index < -0.39 is 17.0 Å². The van der Waals surface area contributed by atoms with Gasteiger partial charge >= 0.3 is 5.51 Å². The Kier molecular flexibility index (Phi) is 4.42. The van der Waals surface area contributed by atoms with Crippen LogP contribution in [0.3, 0.4) is 0 Å². The minimum absolute atomic E-state index is 0.0302. The number of aliphatic hydroxyl groups excluding tert-OH is 1. The molecule has 2 unspecified atom stereocenters. The molecule has 2 atom stereocenters. The van der Waals surface area contributed by atoms with Gasteiger partial charge in [0.15, 0.2) is 0 Å². The van der Waals surface area contributed by atoms with Crippen LogP contribution in [0.25, 0.3) is 0 Å². The molecule has 0 saturated heterocycles. The monoisotopic (exact) mass is 271 g/mol. The van der Waals surface area contributed by atoms with Crippen LogP contribution in [-0.4, -0.2) is 29.0 Å². The highest BCUT2D eigenvalue weighted by Gasteiger charge is 2.50. The third-order valence-electron chi connectivity index (χ3n) is 3.86. The van der Waals surface area contributed by atoms with Gasteiger partial charge in [-0.1, -0.05) is 25.6 Å². The number of nitrogens with two attached hydrogens (primary N) is 1. The van der Waals surface area contributed by atoms with Crippen LogP contribution < -0.4 is 5.73 Å². The lowest BCUT2D eigenvalue weighted by Crippen LogP contribution is -2.43. The molecular weight excluding hydrogens is 251 g/mol. The van der Waals surface area contributed by atoms with Gasteiger partial charge in [0.25, 0.3) is 0 Å². The Morgan fingerprint density at radius 3 is 2.29 bits per heavy atom. The third-order valence-corrected chi connectivity index (χ3v) is 4.60. The molecule has 1 aliphatic carbocycles. The summed E-state index contributed by atoms with van der Waals surface area (Å²) in [6, 6.07) is 0. The van der Waals surface area contributed by atoms with E-state index in [9.17, 15) is 18.3 Å². The summed E-state index contributed by atoms with van der Waals surface area (Å²) < 4.78 is 36.2. The Bertz CT molecular complexity index is 270. The number of alkyl halides is 3. The Labute approximate surface area is 104 Å². The fourth-order valence-electron chi connectivity index (χ4n) is 2.62. The molecule has 1 aliphatic rings. The Balaban J connectivity index is 2.60. The second kappa shape index (κ2) is 4.97. The van der Waals surface area contributed by atoms with Crippen molar-refractivity contribution in [2.45, 2.75) is 44.7 Å². The van der Waals surface area contributed by atoms with Crippen LogP contribution in [0.5, 0.6) is 0 Å². The number of hydrogen-bond acceptors (Lipinski definition) is 3. The number of halogens is 3. The second-order valence-electron chi connectivity index (χ2n) is 5.50. The van der Waals surface area contributed by atoms with Gasteiger partial charge in [0.05, 0.1) is 6.10 Å². The summed E-state index contributed by atoms with van der Waals surface area (Å²) in [5.41, 5.74) is 0.692. The highest BCUT2D eigenvalue weighted by Crippen LogP contribution is 2.51. The van der Waals surface area contributed by atoms with E-state index in [4.69, 9.17) is 5.73 Å². The van der Waals surface area contributed by atoms with Crippen molar-refractivity contribution >= 4 is 11.8 Å². The highest BCUT2D eigenvalue weighted by atomic mass is 32.2. The first-order valence-corrected chi connectivity index (χ1v) is 6.70. The molecule has 0 bridgehead atoms. The van der Waals surface area contributed by atoms with Crippen molar-refractivity contribution in [3.63, 3.8) is 0 Å². The van der Waals surface area contributed by atoms with Crippen molar-refractivity contribution in [3.05, 3.63) is 0 Å². The number of thioether (sulfide) groups is 1. The average Bonchev–Trinajstić information content (AvgIpc) is 2.41. The van der Waals surface area contributed by atoms with Gasteiger partial charge in [-0.2, -0.15) is 13.2 Å². The quantitative estimate of drug-likeness (QED) is 0.826. The van der Waals surface area contributed by atoms with Crippen LogP contribution >= 0.6 is 11.8 Å². The van der Waals surface area contributed by atoms with Crippen LogP contribution in [0, 0.1) is 10.8 Å². The minimum Gasteiger partial charge on any atom is -0.392 e. The van der Waals surface area contributed by atoms with Crippen LogP contribution in [-0.2, 0) is 0 Å². The zero-order valence-electron chi connectivity index (χ0n) is 10.2. The van der Waals surface area contributed by atoms with E-state index in [2.05, 4.69) is 0 Å². The molecule has 0 aromatic rings. The van der Waals surface area contributed by atoms with Crippen molar-refractivity contribution < 1.29 is 18.3 Å². The van der Waals surface area contributed by atoms with Crippen LogP contribution in [0.4, 0.5) is 13.2 Å². The molecule has 0 aromatic heterocycles. The zero-order chi connectivity index (χ0) is 13.3. The van der Waals surface area contributed by atoms with E-state index in [0.717, 1.165) is 6.42 Å². The molecule has 0 spiro atoms. The molecule has 2 nitrogen and oxygen atoms in total. The van der Waals surface area contributed by atoms with Gasteiger partial charge in [0, 0.05) is 17.7 Å². The maximum atomic E-state index is 12.1. The van der Waals surface area contributed by atoms with Gasteiger partial charge in [-0.3, -0.25) is 0 Å². The highest BCUT2D eigenvalue weighted by molar-refractivity contribution is 8.00. The molecule has 0 heterocycles.